The van der Waals surface area contributed by atoms with Gasteiger partial charge in [-0.15, -0.1) is 0 Å². The van der Waals surface area contributed by atoms with E-state index < -0.39 is 4.92 Å². The summed E-state index contributed by atoms with van der Waals surface area (Å²) in [6, 6.07) is 6.55. The average molecular weight is 246 g/mol. The van der Waals surface area contributed by atoms with Gasteiger partial charge in [-0.25, -0.2) is 4.68 Å². The van der Waals surface area contributed by atoms with Gasteiger partial charge in [0.05, 0.1) is 11.1 Å². The Morgan fingerprint density at radius 1 is 1.44 bits per heavy atom. The van der Waals surface area contributed by atoms with Crippen molar-refractivity contribution < 1.29 is 4.92 Å². The molecule has 0 aliphatic heterocycles. The summed E-state index contributed by atoms with van der Waals surface area (Å²) in [6.45, 7) is 2.41. The molecule has 0 saturated heterocycles. The number of nitrogens with two attached hydrogens (primary N) is 1. The molecule has 0 atom stereocenters. The number of rotatable bonds is 4. The van der Waals surface area contributed by atoms with Crippen molar-refractivity contribution in [1.82, 2.24) is 9.78 Å². The molecule has 2 aromatic rings. The molecule has 6 nitrogen and oxygen atoms in total. The molecular weight excluding hydrogens is 232 g/mol. The summed E-state index contributed by atoms with van der Waals surface area (Å²) in [6.07, 6.45) is 2.42. The van der Waals surface area contributed by atoms with Gasteiger partial charge in [-0.3, -0.25) is 10.1 Å². The number of nitrogens with zero attached hydrogens (tertiary/aromatic N) is 3. The fourth-order valence-corrected chi connectivity index (χ4v) is 1.88. The van der Waals surface area contributed by atoms with Crippen LogP contribution in [0.3, 0.4) is 0 Å². The Labute approximate surface area is 104 Å². The molecule has 1 heterocycles. The summed E-state index contributed by atoms with van der Waals surface area (Å²) in [7, 11) is 0. The van der Waals surface area contributed by atoms with Crippen LogP contribution in [0.2, 0.25) is 0 Å². The molecule has 0 aliphatic carbocycles. The minimum atomic E-state index is -0.404. The lowest BCUT2D eigenvalue weighted by atomic mass is 10.2. The number of hydrogen-bond acceptors (Lipinski definition) is 4. The molecule has 18 heavy (non-hydrogen) atoms. The van der Waals surface area contributed by atoms with Crippen LogP contribution in [0.5, 0.6) is 0 Å². The monoisotopic (exact) mass is 246 g/mol. The van der Waals surface area contributed by atoms with E-state index in [1.165, 1.54) is 6.07 Å². The fourth-order valence-electron chi connectivity index (χ4n) is 1.88. The summed E-state index contributed by atoms with van der Waals surface area (Å²) >= 11 is 0. The third-order valence-corrected chi connectivity index (χ3v) is 2.83. The summed E-state index contributed by atoms with van der Waals surface area (Å²) < 4.78 is 1.59. The zero-order chi connectivity index (χ0) is 13.1. The fraction of sp³-hybridized carbons (Fsp3) is 0.250. The minimum Gasteiger partial charge on any atom is -0.330 e. The summed E-state index contributed by atoms with van der Waals surface area (Å²) in [5, 5.41) is 15.2. The second-order valence-electron chi connectivity index (χ2n) is 3.95. The normalized spacial score (nSPS) is 10.6. The van der Waals surface area contributed by atoms with Gasteiger partial charge in [0.1, 0.15) is 5.69 Å². The van der Waals surface area contributed by atoms with Crippen molar-refractivity contribution >= 4 is 5.69 Å². The zero-order valence-corrected chi connectivity index (χ0v) is 10.0. The van der Waals surface area contributed by atoms with Gasteiger partial charge in [0, 0.05) is 11.8 Å². The Hall–Kier alpha value is -2.21. The Bertz CT molecular complexity index is 577. The van der Waals surface area contributed by atoms with E-state index in [4.69, 9.17) is 5.73 Å². The Balaban J connectivity index is 2.52. The van der Waals surface area contributed by atoms with E-state index in [1.807, 2.05) is 6.92 Å². The third-order valence-electron chi connectivity index (χ3n) is 2.83. The molecule has 0 fully saturated rings. The Kier molecular flexibility index (Phi) is 3.38. The van der Waals surface area contributed by atoms with Crippen LogP contribution in [0.25, 0.3) is 5.69 Å². The van der Waals surface area contributed by atoms with Gasteiger partial charge >= 0.3 is 0 Å². The standard InChI is InChI=1S/C12H14N4O2/c1-9-10(6-7-13)8-14-15(9)11-4-2-3-5-12(11)16(17)18/h2-5,8H,6-7,13H2,1H3. The molecule has 0 amide bonds. The predicted molar refractivity (Wildman–Crippen MR) is 67.7 cm³/mol. The molecule has 0 radical (unpaired) electrons. The third kappa shape index (κ3) is 2.10. The number of nitro benzene ring substituents is 1. The highest BCUT2D eigenvalue weighted by Gasteiger charge is 2.17. The Morgan fingerprint density at radius 3 is 2.83 bits per heavy atom. The molecule has 1 aromatic heterocycles. The minimum absolute atomic E-state index is 0.0444. The van der Waals surface area contributed by atoms with E-state index in [-0.39, 0.29) is 5.69 Å². The maximum Gasteiger partial charge on any atom is 0.294 e. The summed E-state index contributed by atoms with van der Waals surface area (Å²) in [5.74, 6) is 0. The lowest BCUT2D eigenvalue weighted by Gasteiger charge is -2.05. The second-order valence-corrected chi connectivity index (χ2v) is 3.95. The van der Waals surface area contributed by atoms with Gasteiger partial charge in [-0.1, -0.05) is 12.1 Å². The van der Waals surface area contributed by atoms with Crippen LogP contribution in [0.15, 0.2) is 30.5 Å². The van der Waals surface area contributed by atoms with Crippen molar-refractivity contribution in [1.29, 1.82) is 0 Å². The number of hydrogen-bond donors (Lipinski definition) is 1. The summed E-state index contributed by atoms with van der Waals surface area (Å²) in [4.78, 5) is 10.6. The van der Waals surface area contributed by atoms with Gasteiger partial charge in [-0.2, -0.15) is 5.10 Å². The van der Waals surface area contributed by atoms with Crippen LogP contribution in [0.1, 0.15) is 11.3 Å². The quantitative estimate of drug-likeness (QED) is 0.655. The van der Waals surface area contributed by atoms with Crippen LogP contribution in [0, 0.1) is 17.0 Å². The largest absolute Gasteiger partial charge is 0.330 e. The lowest BCUT2D eigenvalue weighted by molar-refractivity contribution is -0.384. The zero-order valence-electron chi connectivity index (χ0n) is 10.0. The van der Waals surface area contributed by atoms with E-state index in [0.717, 1.165) is 11.3 Å². The van der Waals surface area contributed by atoms with Crippen LogP contribution < -0.4 is 5.73 Å². The molecule has 0 unspecified atom stereocenters. The first-order chi connectivity index (χ1) is 8.65. The van der Waals surface area contributed by atoms with E-state index in [0.29, 0.717) is 18.7 Å². The molecular formula is C12H14N4O2. The number of para-hydroxylation sites is 2. The second kappa shape index (κ2) is 4.97. The van der Waals surface area contributed by atoms with Crippen LogP contribution in [-0.4, -0.2) is 21.2 Å². The highest BCUT2D eigenvalue weighted by atomic mass is 16.6. The molecule has 6 heteroatoms. The van der Waals surface area contributed by atoms with E-state index >= 15 is 0 Å². The number of aromatic nitrogens is 2. The Morgan fingerprint density at radius 2 is 2.17 bits per heavy atom. The van der Waals surface area contributed by atoms with Crippen molar-refractivity contribution in [2.24, 2.45) is 5.73 Å². The smallest absolute Gasteiger partial charge is 0.294 e. The SMILES string of the molecule is Cc1c(CCN)cnn1-c1ccccc1[N+](=O)[O-]. The first-order valence-electron chi connectivity index (χ1n) is 5.62. The first kappa shape index (κ1) is 12.3. The number of benzene rings is 1. The van der Waals surface area contributed by atoms with Crippen LogP contribution in [0.4, 0.5) is 5.69 Å². The van der Waals surface area contributed by atoms with Gasteiger partial charge in [0.15, 0.2) is 0 Å². The highest BCUT2D eigenvalue weighted by molar-refractivity contribution is 5.52. The van der Waals surface area contributed by atoms with E-state index in [9.17, 15) is 10.1 Å². The molecule has 2 N–H and O–H groups in total. The summed E-state index contributed by atoms with van der Waals surface area (Å²) in [5.41, 5.74) is 7.92. The van der Waals surface area contributed by atoms with Gasteiger partial charge in [0.2, 0.25) is 0 Å². The lowest BCUT2D eigenvalue weighted by Crippen LogP contribution is -2.06. The molecule has 0 bridgehead atoms. The maximum absolute atomic E-state index is 11.0. The van der Waals surface area contributed by atoms with Crippen molar-refractivity contribution in [2.75, 3.05) is 6.54 Å². The maximum atomic E-state index is 11.0. The van der Waals surface area contributed by atoms with Crippen molar-refractivity contribution in [3.05, 3.63) is 51.8 Å². The van der Waals surface area contributed by atoms with Crippen molar-refractivity contribution in [3.8, 4) is 5.69 Å². The topological polar surface area (TPSA) is 87.0 Å². The van der Waals surface area contributed by atoms with E-state index in [1.54, 1.807) is 29.1 Å². The van der Waals surface area contributed by atoms with Gasteiger partial charge in [-0.05, 0) is 31.5 Å². The number of nitro groups is 1. The van der Waals surface area contributed by atoms with Crippen molar-refractivity contribution in [3.63, 3.8) is 0 Å². The predicted octanol–water partition coefficient (Wildman–Crippen LogP) is 1.59. The van der Waals surface area contributed by atoms with Gasteiger partial charge < -0.3 is 5.73 Å². The first-order valence-corrected chi connectivity index (χ1v) is 5.62. The molecule has 2 rings (SSSR count). The van der Waals surface area contributed by atoms with Crippen molar-refractivity contribution in [2.45, 2.75) is 13.3 Å². The molecule has 1 aromatic carbocycles. The van der Waals surface area contributed by atoms with Gasteiger partial charge in [0.25, 0.3) is 5.69 Å². The molecule has 0 spiro atoms. The highest BCUT2D eigenvalue weighted by Crippen LogP contribution is 2.23. The molecule has 0 saturated carbocycles. The molecule has 0 aliphatic rings. The molecule has 94 valence electrons. The van der Waals surface area contributed by atoms with E-state index in [2.05, 4.69) is 5.10 Å². The van der Waals surface area contributed by atoms with Crippen LogP contribution >= 0.6 is 0 Å². The van der Waals surface area contributed by atoms with Crippen LogP contribution in [-0.2, 0) is 6.42 Å². The average Bonchev–Trinajstić information content (AvgIpc) is 2.72.